The van der Waals surface area contributed by atoms with Gasteiger partial charge in [-0.3, -0.25) is 4.79 Å². The molecule has 0 unspecified atom stereocenters. The first-order valence-corrected chi connectivity index (χ1v) is 6.06. The molecule has 2 N–H and O–H groups in total. The first kappa shape index (κ1) is 15.0. The summed E-state index contributed by atoms with van der Waals surface area (Å²) >= 11 is 5.61. The number of hydrogen-bond acceptors (Lipinski definition) is 3. The number of carbonyl (C=O) groups is 1. The minimum Gasteiger partial charge on any atom is -0.360 e. The molecule has 0 atom stereocenters. The Balaban J connectivity index is 2.74. The van der Waals surface area contributed by atoms with E-state index in [-0.39, 0.29) is 10.6 Å². The second-order valence-electron chi connectivity index (χ2n) is 3.70. The monoisotopic (exact) mass is 281 g/mol. The number of halogens is 2. The number of anilines is 1. The fraction of sp³-hybridized carbons (Fsp3) is 0.231. The van der Waals surface area contributed by atoms with Gasteiger partial charge in [0.2, 0.25) is 0 Å². The summed E-state index contributed by atoms with van der Waals surface area (Å²) in [5.74, 6) is -0.984. The third kappa shape index (κ3) is 4.60. The average molecular weight is 282 g/mol. The van der Waals surface area contributed by atoms with Crippen molar-refractivity contribution in [3.05, 3.63) is 40.8 Å². The highest BCUT2D eigenvalue weighted by Gasteiger charge is 2.07. The van der Waals surface area contributed by atoms with Crippen LogP contribution in [-0.2, 0) is 4.79 Å². The molecule has 0 bridgehead atoms. The number of nitriles is 1. The van der Waals surface area contributed by atoms with Gasteiger partial charge in [-0.15, -0.1) is 0 Å². The van der Waals surface area contributed by atoms with Gasteiger partial charge in [-0.1, -0.05) is 18.5 Å². The lowest BCUT2D eigenvalue weighted by Crippen LogP contribution is -2.25. The van der Waals surface area contributed by atoms with Crippen molar-refractivity contribution in [1.29, 1.82) is 5.26 Å². The Morgan fingerprint density at radius 1 is 1.58 bits per heavy atom. The second kappa shape index (κ2) is 7.39. The van der Waals surface area contributed by atoms with Crippen LogP contribution in [0.3, 0.4) is 0 Å². The molecule has 0 saturated carbocycles. The summed E-state index contributed by atoms with van der Waals surface area (Å²) in [6.45, 7) is 2.41. The summed E-state index contributed by atoms with van der Waals surface area (Å²) < 4.78 is 12.9. The number of amides is 1. The molecular formula is C13H13ClFN3O. The predicted molar refractivity (Wildman–Crippen MR) is 72.0 cm³/mol. The van der Waals surface area contributed by atoms with Crippen LogP contribution in [0.4, 0.5) is 10.1 Å². The van der Waals surface area contributed by atoms with E-state index in [1.54, 1.807) is 6.07 Å². The van der Waals surface area contributed by atoms with Crippen LogP contribution in [0.2, 0.25) is 5.02 Å². The van der Waals surface area contributed by atoms with Crippen molar-refractivity contribution in [3.8, 4) is 6.07 Å². The lowest BCUT2D eigenvalue weighted by molar-refractivity contribution is -0.117. The van der Waals surface area contributed by atoms with Crippen molar-refractivity contribution < 1.29 is 9.18 Å². The van der Waals surface area contributed by atoms with Gasteiger partial charge < -0.3 is 10.6 Å². The van der Waals surface area contributed by atoms with Crippen LogP contribution in [0.15, 0.2) is 30.0 Å². The molecule has 0 heterocycles. The van der Waals surface area contributed by atoms with Gasteiger partial charge in [-0.2, -0.15) is 5.26 Å². The molecule has 6 heteroatoms. The van der Waals surface area contributed by atoms with E-state index < -0.39 is 11.7 Å². The lowest BCUT2D eigenvalue weighted by atomic mass is 10.2. The van der Waals surface area contributed by atoms with Gasteiger partial charge in [-0.25, -0.2) is 4.39 Å². The van der Waals surface area contributed by atoms with E-state index in [1.807, 2.05) is 6.92 Å². The number of hydrogen-bond donors (Lipinski definition) is 2. The number of benzene rings is 1. The van der Waals surface area contributed by atoms with Crippen LogP contribution in [-0.4, -0.2) is 12.5 Å². The van der Waals surface area contributed by atoms with Crippen molar-refractivity contribution in [2.45, 2.75) is 13.3 Å². The van der Waals surface area contributed by atoms with Gasteiger partial charge in [0.25, 0.3) is 5.91 Å². The molecule has 0 radical (unpaired) electrons. The summed E-state index contributed by atoms with van der Waals surface area (Å²) in [7, 11) is 0. The standard InChI is InChI=1S/C13H13ClFN3O/c1-2-5-17-13(19)9(7-16)8-18-10-3-4-12(15)11(14)6-10/h3-4,6,8,18H,2,5H2,1H3,(H,17,19)/b9-8-. The van der Waals surface area contributed by atoms with Gasteiger partial charge in [0.1, 0.15) is 17.5 Å². The van der Waals surface area contributed by atoms with E-state index in [4.69, 9.17) is 16.9 Å². The maximum absolute atomic E-state index is 12.9. The number of carbonyl (C=O) groups excluding carboxylic acids is 1. The van der Waals surface area contributed by atoms with Gasteiger partial charge in [0, 0.05) is 18.4 Å². The van der Waals surface area contributed by atoms with Crippen LogP contribution in [0.5, 0.6) is 0 Å². The van der Waals surface area contributed by atoms with Crippen LogP contribution < -0.4 is 10.6 Å². The summed E-state index contributed by atoms with van der Waals surface area (Å²) in [6, 6.07) is 5.81. The maximum Gasteiger partial charge on any atom is 0.263 e. The zero-order chi connectivity index (χ0) is 14.3. The molecule has 1 amide bonds. The molecule has 1 aromatic rings. The van der Waals surface area contributed by atoms with Crippen molar-refractivity contribution >= 4 is 23.2 Å². The van der Waals surface area contributed by atoms with Crippen molar-refractivity contribution in [1.82, 2.24) is 5.32 Å². The summed E-state index contributed by atoms with van der Waals surface area (Å²) in [5, 5.41) is 14.1. The highest BCUT2D eigenvalue weighted by Crippen LogP contribution is 2.19. The highest BCUT2D eigenvalue weighted by molar-refractivity contribution is 6.31. The molecule has 100 valence electrons. The fourth-order valence-electron chi connectivity index (χ4n) is 1.22. The minimum absolute atomic E-state index is 0.0349. The molecule has 19 heavy (non-hydrogen) atoms. The van der Waals surface area contributed by atoms with Gasteiger partial charge in [0.15, 0.2) is 0 Å². The average Bonchev–Trinajstić information content (AvgIpc) is 2.41. The van der Waals surface area contributed by atoms with Gasteiger partial charge >= 0.3 is 0 Å². The minimum atomic E-state index is -0.530. The first-order chi connectivity index (χ1) is 9.08. The zero-order valence-electron chi connectivity index (χ0n) is 10.3. The molecule has 1 rings (SSSR count). The van der Waals surface area contributed by atoms with E-state index in [0.29, 0.717) is 12.2 Å². The van der Waals surface area contributed by atoms with Crippen LogP contribution in [0, 0.1) is 17.1 Å². The van der Waals surface area contributed by atoms with E-state index >= 15 is 0 Å². The predicted octanol–water partition coefficient (Wildman–Crippen LogP) is 2.82. The summed E-state index contributed by atoms with van der Waals surface area (Å²) in [5.41, 5.74) is 0.427. The van der Waals surface area contributed by atoms with E-state index in [9.17, 15) is 9.18 Å². The SMILES string of the molecule is CCCNC(=O)/C(C#N)=C\Nc1ccc(F)c(Cl)c1. The molecule has 0 aliphatic heterocycles. The molecule has 1 aromatic carbocycles. The Kier molecular flexibility index (Phi) is 5.83. The Morgan fingerprint density at radius 2 is 2.32 bits per heavy atom. The largest absolute Gasteiger partial charge is 0.360 e. The summed E-state index contributed by atoms with van der Waals surface area (Å²) in [6.07, 6.45) is 2.04. The van der Waals surface area contributed by atoms with Crippen LogP contribution in [0.1, 0.15) is 13.3 Å². The molecule has 0 saturated heterocycles. The zero-order valence-corrected chi connectivity index (χ0v) is 11.1. The molecule has 0 aromatic heterocycles. The third-order valence-electron chi connectivity index (χ3n) is 2.20. The van der Waals surface area contributed by atoms with E-state index in [1.165, 1.54) is 24.4 Å². The number of nitrogens with zero attached hydrogens (tertiary/aromatic N) is 1. The first-order valence-electron chi connectivity index (χ1n) is 5.68. The van der Waals surface area contributed by atoms with Crippen molar-refractivity contribution in [2.75, 3.05) is 11.9 Å². The summed E-state index contributed by atoms with van der Waals surface area (Å²) in [4.78, 5) is 11.5. The molecule has 0 aliphatic carbocycles. The van der Waals surface area contributed by atoms with Gasteiger partial charge in [-0.05, 0) is 24.6 Å². The Hall–Kier alpha value is -2.06. The molecule has 0 aliphatic rings. The number of rotatable bonds is 5. The van der Waals surface area contributed by atoms with Crippen molar-refractivity contribution in [3.63, 3.8) is 0 Å². The fourth-order valence-corrected chi connectivity index (χ4v) is 1.40. The van der Waals surface area contributed by atoms with E-state index in [2.05, 4.69) is 10.6 Å². The normalized spacial score (nSPS) is 10.7. The topological polar surface area (TPSA) is 64.9 Å². The quantitative estimate of drug-likeness (QED) is 0.644. The van der Waals surface area contributed by atoms with E-state index in [0.717, 1.165) is 6.42 Å². The van der Waals surface area contributed by atoms with Crippen LogP contribution >= 0.6 is 11.6 Å². The molecular weight excluding hydrogens is 269 g/mol. The highest BCUT2D eigenvalue weighted by atomic mass is 35.5. The Morgan fingerprint density at radius 3 is 2.89 bits per heavy atom. The molecule has 4 nitrogen and oxygen atoms in total. The molecule has 0 fully saturated rings. The van der Waals surface area contributed by atoms with Gasteiger partial charge in [0.05, 0.1) is 5.02 Å². The second-order valence-corrected chi connectivity index (χ2v) is 4.11. The number of nitrogens with one attached hydrogen (secondary N) is 2. The smallest absolute Gasteiger partial charge is 0.263 e. The van der Waals surface area contributed by atoms with Crippen molar-refractivity contribution in [2.24, 2.45) is 0 Å². The molecule has 0 spiro atoms. The lowest BCUT2D eigenvalue weighted by Gasteiger charge is -2.04. The maximum atomic E-state index is 12.9. The Labute approximate surface area is 115 Å². The van der Waals surface area contributed by atoms with Crippen LogP contribution in [0.25, 0.3) is 0 Å². The Bertz CT molecular complexity index is 537. The third-order valence-corrected chi connectivity index (χ3v) is 2.49.